The first-order valence-electron chi connectivity index (χ1n) is 5.29. The van der Waals surface area contributed by atoms with E-state index in [1.54, 1.807) is 0 Å². The first-order chi connectivity index (χ1) is 7.24. The number of hydrogen-bond acceptors (Lipinski definition) is 2. The Morgan fingerprint density at radius 1 is 1.60 bits per heavy atom. The smallest absolute Gasteiger partial charge is 0.120 e. The Bertz CT molecular complexity index is 404. The van der Waals surface area contributed by atoms with Crippen LogP contribution in [0, 0.1) is 0 Å². The van der Waals surface area contributed by atoms with Crippen molar-refractivity contribution in [3.63, 3.8) is 0 Å². The van der Waals surface area contributed by atoms with Crippen molar-refractivity contribution in [2.75, 3.05) is 6.61 Å². The second-order valence-corrected chi connectivity index (χ2v) is 3.67. The number of aromatic nitrogens is 2. The largest absolute Gasteiger partial charge is 0.494 e. The fraction of sp³-hybridized carbons (Fsp3) is 0.417. The summed E-state index contributed by atoms with van der Waals surface area (Å²) in [6.45, 7) is 11.5. The van der Waals surface area contributed by atoms with Crippen LogP contribution in [-0.2, 0) is 17.7 Å². The first-order valence-corrected chi connectivity index (χ1v) is 5.29. The van der Waals surface area contributed by atoms with Crippen LogP contribution in [0.1, 0.15) is 24.7 Å². The Morgan fingerprint density at radius 2 is 2.40 bits per heavy atom. The van der Waals surface area contributed by atoms with Crippen molar-refractivity contribution in [3.8, 4) is 0 Å². The van der Waals surface area contributed by atoms with Gasteiger partial charge in [-0.05, 0) is 19.8 Å². The van der Waals surface area contributed by atoms with Crippen molar-refractivity contribution >= 4 is 5.57 Å². The number of aryl methyl sites for hydroxylation is 1. The van der Waals surface area contributed by atoms with Crippen molar-refractivity contribution in [2.24, 2.45) is 0 Å². The van der Waals surface area contributed by atoms with Gasteiger partial charge in [0.15, 0.2) is 0 Å². The Kier molecular flexibility index (Phi) is 2.62. The average Bonchev–Trinajstić information content (AvgIpc) is 2.77. The summed E-state index contributed by atoms with van der Waals surface area (Å²) in [5.74, 6) is 0.630. The van der Waals surface area contributed by atoms with E-state index in [4.69, 9.17) is 4.74 Å². The molecule has 15 heavy (non-hydrogen) atoms. The van der Waals surface area contributed by atoms with E-state index in [9.17, 15) is 0 Å². The molecule has 0 saturated carbocycles. The van der Waals surface area contributed by atoms with Gasteiger partial charge in [0, 0.05) is 17.8 Å². The summed E-state index contributed by atoms with van der Waals surface area (Å²) in [7, 11) is 0. The molecule has 1 aromatic rings. The number of rotatable bonds is 4. The molecule has 0 aliphatic carbocycles. The molecule has 0 spiro atoms. The van der Waals surface area contributed by atoms with Crippen LogP contribution in [0.4, 0.5) is 0 Å². The predicted octanol–water partition coefficient (Wildman–Crippen LogP) is 2.39. The molecule has 80 valence electrons. The maximum absolute atomic E-state index is 5.34. The van der Waals surface area contributed by atoms with Crippen molar-refractivity contribution < 1.29 is 4.74 Å². The van der Waals surface area contributed by atoms with Crippen LogP contribution in [0.2, 0.25) is 0 Å². The van der Waals surface area contributed by atoms with E-state index in [-0.39, 0.29) is 0 Å². The van der Waals surface area contributed by atoms with Gasteiger partial charge in [-0.15, -0.1) is 0 Å². The standard InChI is InChI=1S/C12H16N2O/c1-4-15-10(3)9(2)12-11-6-5-7-14(11)8-13-12/h8H,2-7H2,1H3. The molecule has 0 unspecified atom stereocenters. The highest BCUT2D eigenvalue weighted by molar-refractivity contribution is 5.73. The molecule has 0 N–H and O–H groups in total. The molecule has 0 radical (unpaired) electrons. The molecular formula is C12H16N2O. The van der Waals surface area contributed by atoms with Crippen LogP contribution in [-0.4, -0.2) is 16.2 Å². The molecule has 0 fully saturated rings. The third-order valence-corrected chi connectivity index (χ3v) is 2.70. The zero-order chi connectivity index (χ0) is 10.8. The van der Waals surface area contributed by atoms with Gasteiger partial charge >= 0.3 is 0 Å². The second-order valence-electron chi connectivity index (χ2n) is 3.67. The lowest BCUT2D eigenvalue weighted by molar-refractivity contribution is 0.247. The molecule has 0 amide bonds. The van der Waals surface area contributed by atoms with E-state index in [2.05, 4.69) is 22.7 Å². The molecule has 0 aromatic carbocycles. The maximum atomic E-state index is 5.34. The number of imidazole rings is 1. The van der Waals surface area contributed by atoms with E-state index < -0.39 is 0 Å². The van der Waals surface area contributed by atoms with Gasteiger partial charge in [-0.1, -0.05) is 13.2 Å². The highest BCUT2D eigenvalue weighted by atomic mass is 16.5. The highest BCUT2D eigenvalue weighted by Crippen LogP contribution is 2.27. The van der Waals surface area contributed by atoms with E-state index >= 15 is 0 Å². The third kappa shape index (κ3) is 1.69. The number of nitrogens with zero attached hydrogens (tertiary/aromatic N) is 2. The molecule has 2 rings (SSSR count). The Hall–Kier alpha value is -1.51. The molecule has 1 aromatic heterocycles. The molecule has 3 nitrogen and oxygen atoms in total. The minimum absolute atomic E-state index is 0.619. The third-order valence-electron chi connectivity index (χ3n) is 2.70. The number of allylic oxidation sites excluding steroid dienone is 1. The van der Waals surface area contributed by atoms with Crippen LogP contribution < -0.4 is 0 Å². The van der Waals surface area contributed by atoms with Gasteiger partial charge < -0.3 is 9.30 Å². The van der Waals surface area contributed by atoms with Crippen molar-refractivity contribution in [1.82, 2.24) is 9.55 Å². The summed E-state index contributed by atoms with van der Waals surface area (Å²) in [6, 6.07) is 0. The van der Waals surface area contributed by atoms with Gasteiger partial charge in [0.2, 0.25) is 0 Å². The highest BCUT2D eigenvalue weighted by Gasteiger charge is 2.19. The van der Waals surface area contributed by atoms with Gasteiger partial charge in [0.25, 0.3) is 0 Å². The van der Waals surface area contributed by atoms with Crippen molar-refractivity contribution in [3.05, 3.63) is 36.6 Å². The summed E-state index contributed by atoms with van der Waals surface area (Å²) in [4.78, 5) is 4.36. The molecular weight excluding hydrogens is 188 g/mol. The van der Waals surface area contributed by atoms with Crippen LogP contribution in [0.25, 0.3) is 5.57 Å². The van der Waals surface area contributed by atoms with Crippen LogP contribution >= 0.6 is 0 Å². The van der Waals surface area contributed by atoms with Crippen LogP contribution in [0.15, 0.2) is 25.2 Å². The zero-order valence-electron chi connectivity index (χ0n) is 9.12. The lowest BCUT2D eigenvalue weighted by atomic mass is 10.1. The van der Waals surface area contributed by atoms with E-state index in [0.29, 0.717) is 12.4 Å². The summed E-state index contributed by atoms with van der Waals surface area (Å²) in [5.41, 5.74) is 3.03. The SMILES string of the molecule is C=C(OCC)C(=C)c1ncn2c1CCC2. The van der Waals surface area contributed by atoms with Gasteiger partial charge in [-0.2, -0.15) is 0 Å². The van der Waals surface area contributed by atoms with Gasteiger partial charge in [0.05, 0.1) is 18.6 Å². The summed E-state index contributed by atoms with van der Waals surface area (Å²) in [6.07, 6.45) is 4.15. The Balaban J connectivity index is 2.23. The Morgan fingerprint density at radius 3 is 3.13 bits per heavy atom. The lowest BCUT2D eigenvalue weighted by Gasteiger charge is -2.08. The fourth-order valence-electron chi connectivity index (χ4n) is 1.92. The minimum atomic E-state index is 0.619. The lowest BCUT2D eigenvalue weighted by Crippen LogP contribution is -1.97. The van der Waals surface area contributed by atoms with E-state index in [1.807, 2.05) is 13.3 Å². The molecule has 1 aliphatic rings. The number of fused-ring (bicyclic) bond motifs is 1. The maximum Gasteiger partial charge on any atom is 0.120 e. The zero-order valence-corrected chi connectivity index (χ0v) is 9.12. The second kappa shape index (κ2) is 3.93. The minimum Gasteiger partial charge on any atom is -0.494 e. The summed E-state index contributed by atoms with van der Waals surface area (Å²) >= 11 is 0. The van der Waals surface area contributed by atoms with Crippen molar-refractivity contribution in [2.45, 2.75) is 26.3 Å². The summed E-state index contributed by atoms with van der Waals surface area (Å²) in [5, 5.41) is 0. The summed E-state index contributed by atoms with van der Waals surface area (Å²) < 4.78 is 7.52. The molecule has 2 heterocycles. The molecule has 0 atom stereocenters. The van der Waals surface area contributed by atoms with Gasteiger partial charge in [0.1, 0.15) is 5.76 Å². The number of ether oxygens (including phenoxy) is 1. The fourth-order valence-corrected chi connectivity index (χ4v) is 1.92. The van der Waals surface area contributed by atoms with E-state index in [1.165, 1.54) is 12.1 Å². The Labute approximate surface area is 90.1 Å². The number of hydrogen-bond donors (Lipinski definition) is 0. The topological polar surface area (TPSA) is 27.1 Å². The van der Waals surface area contributed by atoms with Gasteiger partial charge in [-0.3, -0.25) is 0 Å². The quantitative estimate of drug-likeness (QED) is 0.556. The van der Waals surface area contributed by atoms with Crippen molar-refractivity contribution in [1.29, 1.82) is 0 Å². The monoisotopic (exact) mass is 204 g/mol. The molecule has 3 heteroatoms. The normalized spacial score (nSPS) is 13.7. The first kappa shape index (κ1) is 10.0. The predicted molar refractivity (Wildman–Crippen MR) is 60.3 cm³/mol. The van der Waals surface area contributed by atoms with Gasteiger partial charge in [-0.25, -0.2) is 4.98 Å². The van der Waals surface area contributed by atoms with E-state index in [0.717, 1.165) is 24.2 Å². The van der Waals surface area contributed by atoms with Crippen LogP contribution in [0.5, 0.6) is 0 Å². The molecule has 0 bridgehead atoms. The molecule has 1 aliphatic heterocycles. The van der Waals surface area contributed by atoms with Crippen LogP contribution in [0.3, 0.4) is 0 Å². The molecule has 0 saturated heterocycles. The average molecular weight is 204 g/mol.